The van der Waals surface area contributed by atoms with Gasteiger partial charge in [-0.2, -0.15) is 0 Å². The zero-order chi connectivity index (χ0) is 20.8. The molecule has 3 aromatic carbocycles. The topological polar surface area (TPSA) is 46.2 Å². The smallest absolute Gasteiger partial charge is 0.225 e. The summed E-state index contributed by atoms with van der Waals surface area (Å²) in [6.07, 6.45) is 1.29. The Morgan fingerprint density at radius 1 is 0.833 bits per heavy atom. The predicted molar refractivity (Wildman–Crippen MR) is 120 cm³/mol. The Kier molecular flexibility index (Phi) is 4.88. The van der Waals surface area contributed by atoms with Crippen LogP contribution < -0.4 is 5.32 Å². The second kappa shape index (κ2) is 7.57. The van der Waals surface area contributed by atoms with Crippen molar-refractivity contribution in [3.8, 4) is 0 Å². The number of carbonyl (C=O) groups is 2. The van der Waals surface area contributed by atoms with Crippen molar-refractivity contribution in [2.24, 2.45) is 0 Å². The van der Waals surface area contributed by atoms with Gasteiger partial charge in [-0.15, -0.1) is 0 Å². The van der Waals surface area contributed by atoms with Crippen LogP contribution in [-0.4, -0.2) is 11.7 Å². The largest absolute Gasteiger partial charge is 0.329 e. The van der Waals surface area contributed by atoms with Gasteiger partial charge in [0.1, 0.15) is 0 Å². The molecule has 0 saturated heterocycles. The van der Waals surface area contributed by atoms with Crippen molar-refractivity contribution in [2.45, 2.75) is 31.1 Å². The summed E-state index contributed by atoms with van der Waals surface area (Å²) in [5.41, 5.74) is 3.50. The SMILES string of the molecule is O=C1CC(c2cccc3ccccc23)C2=C(CC(c3ccc(Cl)c(Cl)c3)CC2=O)N1. The summed E-state index contributed by atoms with van der Waals surface area (Å²) < 4.78 is 0. The summed E-state index contributed by atoms with van der Waals surface area (Å²) >= 11 is 12.2. The summed E-state index contributed by atoms with van der Waals surface area (Å²) in [7, 11) is 0. The van der Waals surface area contributed by atoms with Gasteiger partial charge in [-0.1, -0.05) is 71.7 Å². The molecule has 0 spiro atoms. The Morgan fingerprint density at radius 2 is 1.63 bits per heavy atom. The van der Waals surface area contributed by atoms with Crippen LogP contribution in [0.4, 0.5) is 0 Å². The van der Waals surface area contributed by atoms with E-state index >= 15 is 0 Å². The van der Waals surface area contributed by atoms with Crippen LogP contribution in [0.5, 0.6) is 0 Å². The van der Waals surface area contributed by atoms with Gasteiger partial charge in [-0.25, -0.2) is 0 Å². The van der Waals surface area contributed by atoms with E-state index in [0.717, 1.165) is 33.2 Å². The second-order valence-electron chi connectivity index (χ2n) is 7.97. The molecule has 30 heavy (non-hydrogen) atoms. The quantitative estimate of drug-likeness (QED) is 0.524. The highest BCUT2D eigenvalue weighted by atomic mass is 35.5. The number of hydrogen-bond donors (Lipinski definition) is 1. The highest BCUT2D eigenvalue weighted by molar-refractivity contribution is 6.42. The van der Waals surface area contributed by atoms with E-state index in [2.05, 4.69) is 23.5 Å². The van der Waals surface area contributed by atoms with E-state index in [0.29, 0.717) is 22.9 Å². The van der Waals surface area contributed by atoms with Crippen LogP contribution in [0.1, 0.15) is 42.2 Å². The lowest BCUT2D eigenvalue weighted by molar-refractivity contribution is -0.122. The van der Waals surface area contributed by atoms with Gasteiger partial charge in [0.2, 0.25) is 5.91 Å². The number of Topliss-reactive ketones (excluding diaryl/α,β-unsaturated/α-hetero) is 1. The van der Waals surface area contributed by atoms with Crippen molar-refractivity contribution >= 4 is 45.7 Å². The summed E-state index contributed by atoms with van der Waals surface area (Å²) in [6.45, 7) is 0. The zero-order valence-electron chi connectivity index (χ0n) is 16.1. The molecule has 1 amide bonds. The van der Waals surface area contributed by atoms with Gasteiger partial charge >= 0.3 is 0 Å². The van der Waals surface area contributed by atoms with E-state index in [4.69, 9.17) is 23.2 Å². The van der Waals surface area contributed by atoms with E-state index in [1.54, 1.807) is 6.07 Å². The first-order valence-corrected chi connectivity index (χ1v) is 10.8. The average Bonchev–Trinajstić information content (AvgIpc) is 2.74. The van der Waals surface area contributed by atoms with Crippen LogP contribution in [0.3, 0.4) is 0 Å². The monoisotopic (exact) mass is 435 g/mol. The number of nitrogens with one attached hydrogen (secondary N) is 1. The van der Waals surface area contributed by atoms with Gasteiger partial charge in [0.15, 0.2) is 5.78 Å². The van der Waals surface area contributed by atoms with E-state index < -0.39 is 0 Å². The maximum atomic E-state index is 13.3. The van der Waals surface area contributed by atoms with Crippen molar-refractivity contribution in [2.75, 3.05) is 0 Å². The second-order valence-corrected chi connectivity index (χ2v) is 8.78. The fourth-order valence-electron chi connectivity index (χ4n) is 4.78. The van der Waals surface area contributed by atoms with Crippen molar-refractivity contribution in [1.82, 2.24) is 5.32 Å². The minimum atomic E-state index is -0.220. The number of hydrogen-bond acceptors (Lipinski definition) is 2. The summed E-state index contributed by atoms with van der Waals surface area (Å²) in [6, 6.07) is 19.7. The van der Waals surface area contributed by atoms with Crippen molar-refractivity contribution in [1.29, 1.82) is 0 Å². The Balaban J connectivity index is 1.58. The first-order valence-electron chi connectivity index (χ1n) is 10.00. The van der Waals surface area contributed by atoms with Crippen LogP contribution in [0.15, 0.2) is 71.9 Å². The maximum Gasteiger partial charge on any atom is 0.225 e. The van der Waals surface area contributed by atoms with Gasteiger partial charge in [0.05, 0.1) is 10.0 Å². The molecule has 0 saturated carbocycles. The number of allylic oxidation sites excluding steroid dienone is 2. The molecule has 1 aliphatic heterocycles. The third-order valence-corrected chi connectivity index (χ3v) is 6.89. The molecule has 150 valence electrons. The Morgan fingerprint density at radius 3 is 2.47 bits per heavy atom. The third kappa shape index (κ3) is 3.32. The van der Waals surface area contributed by atoms with Crippen LogP contribution in [0, 0.1) is 0 Å². The van der Waals surface area contributed by atoms with Gasteiger partial charge in [-0.3, -0.25) is 9.59 Å². The van der Waals surface area contributed by atoms with Crippen molar-refractivity contribution in [3.05, 3.63) is 93.1 Å². The number of amides is 1. The molecule has 2 unspecified atom stereocenters. The molecule has 3 nitrogen and oxygen atoms in total. The first-order chi connectivity index (χ1) is 14.5. The Labute approximate surface area is 184 Å². The number of rotatable bonds is 2. The lowest BCUT2D eigenvalue weighted by Gasteiger charge is -2.35. The molecule has 0 fully saturated rings. The molecule has 5 heteroatoms. The predicted octanol–water partition coefficient (Wildman–Crippen LogP) is 6.15. The van der Waals surface area contributed by atoms with E-state index in [1.165, 1.54) is 0 Å². The zero-order valence-corrected chi connectivity index (χ0v) is 17.6. The van der Waals surface area contributed by atoms with Crippen LogP contribution >= 0.6 is 23.2 Å². The van der Waals surface area contributed by atoms with Crippen molar-refractivity contribution < 1.29 is 9.59 Å². The minimum absolute atomic E-state index is 0.0300. The lowest BCUT2D eigenvalue weighted by atomic mass is 9.73. The molecule has 3 aromatic rings. The highest BCUT2D eigenvalue weighted by Gasteiger charge is 2.38. The third-order valence-electron chi connectivity index (χ3n) is 6.15. The molecule has 1 heterocycles. The first kappa shape index (κ1) is 19.3. The number of fused-ring (bicyclic) bond motifs is 1. The Bertz CT molecular complexity index is 1230. The van der Waals surface area contributed by atoms with Gasteiger partial charge < -0.3 is 5.32 Å². The van der Waals surface area contributed by atoms with E-state index in [-0.39, 0.29) is 29.9 Å². The Hall–Kier alpha value is -2.62. The number of ketones is 1. The molecule has 1 aliphatic carbocycles. The summed E-state index contributed by atoms with van der Waals surface area (Å²) in [5.74, 6) is -0.209. The molecule has 0 radical (unpaired) electrons. The molecule has 2 aliphatic rings. The van der Waals surface area contributed by atoms with E-state index in [9.17, 15) is 9.59 Å². The number of halogens is 2. The van der Waals surface area contributed by atoms with Crippen LogP contribution in [0.25, 0.3) is 10.8 Å². The molecular formula is C25H19Cl2NO2. The molecule has 1 N–H and O–H groups in total. The summed E-state index contributed by atoms with van der Waals surface area (Å²) in [5, 5.41) is 6.15. The molecule has 0 bridgehead atoms. The molecule has 2 atom stereocenters. The standard InChI is InChI=1S/C25H19Cl2NO2/c26-20-9-8-15(10-21(20)27)16-11-22-25(23(29)12-16)19(13-24(30)28-22)18-7-3-5-14-4-1-2-6-17(14)18/h1-10,16,19H,11-13H2,(H,28,30). The van der Waals surface area contributed by atoms with Gasteiger partial charge in [-0.05, 0) is 46.4 Å². The van der Waals surface area contributed by atoms with E-state index in [1.807, 2.05) is 36.4 Å². The lowest BCUT2D eigenvalue weighted by Crippen LogP contribution is -2.38. The number of benzene rings is 3. The fraction of sp³-hybridized carbons (Fsp3) is 0.200. The molecular weight excluding hydrogens is 417 g/mol. The molecule has 5 rings (SSSR count). The normalized spacial score (nSPS) is 21.5. The highest BCUT2D eigenvalue weighted by Crippen LogP contribution is 2.44. The fourth-order valence-corrected chi connectivity index (χ4v) is 5.09. The molecule has 0 aromatic heterocycles. The van der Waals surface area contributed by atoms with Gasteiger partial charge in [0, 0.05) is 30.0 Å². The van der Waals surface area contributed by atoms with Gasteiger partial charge in [0.25, 0.3) is 0 Å². The van der Waals surface area contributed by atoms with Crippen LogP contribution in [0.2, 0.25) is 10.0 Å². The van der Waals surface area contributed by atoms with Crippen LogP contribution in [-0.2, 0) is 9.59 Å². The number of carbonyl (C=O) groups excluding carboxylic acids is 2. The summed E-state index contributed by atoms with van der Waals surface area (Å²) in [4.78, 5) is 25.9. The minimum Gasteiger partial charge on any atom is -0.329 e. The maximum absolute atomic E-state index is 13.3. The van der Waals surface area contributed by atoms with Crippen molar-refractivity contribution in [3.63, 3.8) is 0 Å². The average molecular weight is 436 g/mol.